The van der Waals surface area contributed by atoms with Crippen LogP contribution in [-0.4, -0.2) is 28.7 Å². The number of rotatable bonds is 6. The molecule has 0 aliphatic rings. The third-order valence-electron chi connectivity index (χ3n) is 2.01. The number of carboxylic acids is 1. The molecule has 0 saturated carbocycles. The first kappa shape index (κ1) is 15.2. The Morgan fingerprint density at radius 3 is 1.82 bits per heavy atom. The van der Waals surface area contributed by atoms with Crippen LogP contribution in [0.3, 0.4) is 0 Å². The van der Waals surface area contributed by atoms with Crippen LogP contribution >= 0.6 is 0 Å². The van der Waals surface area contributed by atoms with E-state index in [4.69, 9.17) is 5.11 Å². The summed E-state index contributed by atoms with van der Waals surface area (Å²) in [4.78, 5) is 21.8. The number of alkyl halides is 3. The summed E-state index contributed by atoms with van der Waals surface area (Å²) in [5, 5.41) is 10.4. The first-order valence-electron chi connectivity index (χ1n) is 4.54. The van der Waals surface area contributed by atoms with Crippen LogP contribution in [0.1, 0.15) is 12.8 Å². The quantitative estimate of drug-likeness (QED) is 0.705. The average molecular weight is 251 g/mol. The van der Waals surface area contributed by atoms with Gasteiger partial charge in [0.15, 0.2) is 0 Å². The van der Waals surface area contributed by atoms with Crippen LogP contribution in [0.2, 0.25) is 0 Å². The van der Waals surface area contributed by atoms with Gasteiger partial charge in [0.25, 0.3) is 0 Å². The molecule has 0 heterocycles. The minimum absolute atomic E-state index is 0.337. The lowest BCUT2D eigenvalue weighted by Gasteiger charge is -2.28. The van der Waals surface area contributed by atoms with Crippen molar-refractivity contribution in [1.82, 2.24) is 5.32 Å². The number of carboxylic acid groups (broad SMARTS) is 1. The highest BCUT2D eigenvalue weighted by Gasteiger charge is 2.46. The van der Waals surface area contributed by atoms with E-state index in [1.54, 1.807) is 0 Å². The fourth-order valence-corrected chi connectivity index (χ4v) is 1.19. The molecule has 96 valence electrons. The van der Waals surface area contributed by atoms with Gasteiger partial charge in [-0.05, 0) is 12.8 Å². The number of halogens is 3. The zero-order valence-corrected chi connectivity index (χ0v) is 8.88. The molecule has 0 aliphatic heterocycles. The molecule has 0 rings (SSSR count). The van der Waals surface area contributed by atoms with Gasteiger partial charge in [-0.1, -0.05) is 12.2 Å². The maximum absolute atomic E-state index is 12.1. The smallest absolute Gasteiger partial charge is 0.471 e. The van der Waals surface area contributed by atoms with Crippen LogP contribution in [0.15, 0.2) is 25.3 Å². The Labute approximate surface area is 95.8 Å². The van der Waals surface area contributed by atoms with E-state index >= 15 is 0 Å². The van der Waals surface area contributed by atoms with Crippen molar-refractivity contribution in [3.8, 4) is 0 Å². The zero-order valence-electron chi connectivity index (χ0n) is 8.88. The molecule has 0 aliphatic carbocycles. The Morgan fingerprint density at radius 2 is 1.59 bits per heavy atom. The SMILES string of the molecule is C=CCC(CC=C)(NC(=O)C(F)(F)F)C(=O)O. The van der Waals surface area contributed by atoms with Crippen LogP contribution in [-0.2, 0) is 9.59 Å². The van der Waals surface area contributed by atoms with Crippen molar-refractivity contribution >= 4 is 11.9 Å². The van der Waals surface area contributed by atoms with Gasteiger partial charge in [0.2, 0.25) is 0 Å². The molecule has 0 aromatic rings. The molecule has 7 heteroatoms. The van der Waals surface area contributed by atoms with Gasteiger partial charge in [0.05, 0.1) is 0 Å². The molecular formula is C10H12F3NO3. The molecular weight excluding hydrogens is 239 g/mol. The number of nitrogens with one attached hydrogen (secondary N) is 1. The van der Waals surface area contributed by atoms with Gasteiger partial charge in [-0.3, -0.25) is 4.79 Å². The topological polar surface area (TPSA) is 66.4 Å². The molecule has 0 fully saturated rings. The van der Waals surface area contributed by atoms with Crippen LogP contribution in [0.5, 0.6) is 0 Å². The molecule has 0 saturated heterocycles. The molecule has 2 N–H and O–H groups in total. The van der Waals surface area contributed by atoms with Crippen molar-refractivity contribution in [2.45, 2.75) is 24.6 Å². The van der Waals surface area contributed by atoms with Crippen LogP contribution in [0, 0.1) is 0 Å². The molecule has 0 aromatic carbocycles. The van der Waals surface area contributed by atoms with E-state index in [9.17, 15) is 22.8 Å². The molecule has 0 radical (unpaired) electrons. The highest BCUT2D eigenvalue weighted by atomic mass is 19.4. The summed E-state index contributed by atoms with van der Waals surface area (Å²) in [5.41, 5.74) is -2.06. The standard InChI is InChI=1S/C10H12F3NO3/c1-3-5-9(6-4-2,8(16)17)14-7(15)10(11,12)13/h3-4H,1-2,5-6H2,(H,14,15)(H,16,17). The van der Waals surface area contributed by atoms with Crippen LogP contribution in [0.25, 0.3) is 0 Å². The number of hydrogen-bond donors (Lipinski definition) is 2. The van der Waals surface area contributed by atoms with E-state index in [2.05, 4.69) is 13.2 Å². The number of carbonyl (C=O) groups excluding carboxylic acids is 1. The minimum Gasteiger partial charge on any atom is -0.479 e. The van der Waals surface area contributed by atoms with Gasteiger partial charge in [-0.25, -0.2) is 4.79 Å². The van der Waals surface area contributed by atoms with E-state index < -0.39 is 23.6 Å². The van der Waals surface area contributed by atoms with E-state index in [-0.39, 0.29) is 12.8 Å². The third kappa shape index (κ3) is 3.93. The molecule has 0 unspecified atom stereocenters. The first-order valence-corrected chi connectivity index (χ1v) is 4.54. The van der Waals surface area contributed by atoms with Gasteiger partial charge in [-0.2, -0.15) is 13.2 Å². The highest BCUT2D eigenvalue weighted by Crippen LogP contribution is 2.22. The predicted molar refractivity (Wildman–Crippen MR) is 54.2 cm³/mol. The van der Waals surface area contributed by atoms with E-state index in [0.717, 1.165) is 12.2 Å². The molecule has 0 aromatic heterocycles. The fraction of sp³-hybridized carbons (Fsp3) is 0.400. The van der Waals surface area contributed by atoms with Gasteiger partial charge in [0.1, 0.15) is 5.54 Å². The maximum Gasteiger partial charge on any atom is 0.471 e. The van der Waals surface area contributed by atoms with E-state index in [1.165, 1.54) is 5.32 Å². The van der Waals surface area contributed by atoms with Crippen molar-refractivity contribution in [3.05, 3.63) is 25.3 Å². The Morgan fingerprint density at radius 1 is 1.18 bits per heavy atom. The lowest BCUT2D eigenvalue weighted by Crippen LogP contribution is -2.57. The second kappa shape index (κ2) is 5.51. The first-order chi connectivity index (χ1) is 7.69. The Bertz CT molecular complexity index is 326. The molecule has 17 heavy (non-hydrogen) atoms. The molecule has 1 amide bonds. The van der Waals surface area contributed by atoms with Gasteiger partial charge in [-0.15, -0.1) is 13.2 Å². The Hall–Kier alpha value is -1.79. The third-order valence-corrected chi connectivity index (χ3v) is 2.01. The Balaban J connectivity index is 5.17. The average Bonchev–Trinajstić information content (AvgIpc) is 2.16. The van der Waals surface area contributed by atoms with E-state index in [1.807, 2.05) is 0 Å². The van der Waals surface area contributed by atoms with Crippen molar-refractivity contribution in [1.29, 1.82) is 0 Å². The molecule has 0 bridgehead atoms. The van der Waals surface area contributed by atoms with Crippen molar-refractivity contribution in [2.75, 3.05) is 0 Å². The van der Waals surface area contributed by atoms with Gasteiger partial charge in [0, 0.05) is 0 Å². The van der Waals surface area contributed by atoms with Crippen LogP contribution in [0.4, 0.5) is 13.2 Å². The van der Waals surface area contributed by atoms with Crippen molar-refractivity contribution in [2.24, 2.45) is 0 Å². The number of amides is 1. The summed E-state index contributed by atoms with van der Waals surface area (Å²) in [6.07, 6.45) is -3.57. The van der Waals surface area contributed by atoms with Gasteiger partial charge < -0.3 is 10.4 Å². The molecule has 0 spiro atoms. The maximum atomic E-state index is 12.1. The number of carbonyl (C=O) groups is 2. The van der Waals surface area contributed by atoms with Crippen molar-refractivity contribution in [3.63, 3.8) is 0 Å². The minimum atomic E-state index is -5.14. The fourth-order valence-electron chi connectivity index (χ4n) is 1.19. The van der Waals surface area contributed by atoms with E-state index in [0.29, 0.717) is 0 Å². The largest absolute Gasteiger partial charge is 0.479 e. The lowest BCUT2D eigenvalue weighted by atomic mass is 9.91. The van der Waals surface area contributed by atoms with Crippen LogP contribution < -0.4 is 5.32 Å². The monoisotopic (exact) mass is 251 g/mol. The molecule has 0 atom stereocenters. The van der Waals surface area contributed by atoms with Gasteiger partial charge >= 0.3 is 18.1 Å². The predicted octanol–water partition coefficient (Wildman–Crippen LogP) is 1.64. The summed E-state index contributed by atoms with van der Waals surface area (Å²) in [6.45, 7) is 6.50. The summed E-state index contributed by atoms with van der Waals surface area (Å²) in [6, 6.07) is 0. The highest BCUT2D eigenvalue weighted by molar-refractivity contribution is 5.89. The second-order valence-corrected chi connectivity index (χ2v) is 3.32. The van der Waals surface area contributed by atoms with Crippen molar-refractivity contribution < 1.29 is 27.9 Å². The summed E-state index contributed by atoms with van der Waals surface area (Å²) >= 11 is 0. The summed E-state index contributed by atoms with van der Waals surface area (Å²) < 4.78 is 36.2. The summed E-state index contributed by atoms with van der Waals surface area (Å²) in [7, 11) is 0. The zero-order chi connectivity index (χ0) is 13.7. The number of hydrogen-bond acceptors (Lipinski definition) is 2. The number of aliphatic carboxylic acids is 1. The lowest BCUT2D eigenvalue weighted by molar-refractivity contribution is -0.177. The molecule has 4 nitrogen and oxygen atoms in total. The second-order valence-electron chi connectivity index (χ2n) is 3.32. The summed E-state index contributed by atoms with van der Waals surface area (Å²) in [5.74, 6) is -3.88. The Kier molecular flexibility index (Phi) is 4.93. The normalized spacial score (nSPS) is 11.7.